The lowest BCUT2D eigenvalue weighted by molar-refractivity contribution is -0.122. The fourth-order valence-electron chi connectivity index (χ4n) is 3.24. The molecule has 1 saturated carbocycles. The summed E-state index contributed by atoms with van der Waals surface area (Å²) in [4.78, 5) is 12.0. The third kappa shape index (κ3) is 10.5. The summed E-state index contributed by atoms with van der Waals surface area (Å²) < 4.78 is 0. The van der Waals surface area contributed by atoms with Crippen LogP contribution < -0.4 is 16.4 Å². The van der Waals surface area contributed by atoms with Gasteiger partial charge in [-0.2, -0.15) is 0 Å². The number of carbonyl (C=O) groups excluding carboxylic acids is 1. The average molecular weight is 339 g/mol. The van der Waals surface area contributed by atoms with Crippen LogP contribution in [0.1, 0.15) is 84.0 Å². The number of hydrogen-bond donors (Lipinski definition) is 4. The molecule has 1 amide bonds. The Balaban J connectivity index is 1.86. The largest absolute Gasteiger partial charge is 0.370 e. The SMILES string of the molecule is CCCCCCCCC1CC1C(=O)NCCCCCCNC(=N)N. The highest BCUT2D eigenvalue weighted by molar-refractivity contribution is 5.81. The van der Waals surface area contributed by atoms with Gasteiger partial charge in [0.25, 0.3) is 0 Å². The van der Waals surface area contributed by atoms with Crippen molar-refractivity contribution < 1.29 is 4.79 Å². The van der Waals surface area contributed by atoms with Crippen LogP contribution in [0.4, 0.5) is 0 Å². The maximum absolute atomic E-state index is 12.0. The second-order valence-corrected chi connectivity index (χ2v) is 7.20. The molecule has 1 rings (SSSR count). The summed E-state index contributed by atoms with van der Waals surface area (Å²) in [7, 11) is 0. The second-order valence-electron chi connectivity index (χ2n) is 7.20. The van der Waals surface area contributed by atoms with E-state index in [0.29, 0.717) is 11.8 Å². The zero-order valence-corrected chi connectivity index (χ0v) is 15.5. The Bertz CT molecular complexity index is 359. The zero-order chi connectivity index (χ0) is 17.6. The van der Waals surface area contributed by atoms with Crippen molar-refractivity contribution in [2.24, 2.45) is 17.6 Å². The lowest BCUT2D eigenvalue weighted by atomic mass is 10.1. The Morgan fingerprint density at radius 3 is 2.21 bits per heavy atom. The van der Waals surface area contributed by atoms with Crippen LogP contribution in [0.2, 0.25) is 0 Å². The summed E-state index contributed by atoms with van der Waals surface area (Å²) in [5, 5.41) is 12.9. The number of nitrogens with one attached hydrogen (secondary N) is 3. The minimum absolute atomic E-state index is 0.0437. The minimum Gasteiger partial charge on any atom is -0.370 e. The van der Waals surface area contributed by atoms with Crippen molar-refractivity contribution in [3.63, 3.8) is 0 Å². The second kappa shape index (κ2) is 13.1. The molecule has 0 bridgehead atoms. The third-order valence-electron chi connectivity index (χ3n) is 4.91. The molecular formula is C19H38N4O. The monoisotopic (exact) mass is 338 g/mol. The number of carbonyl (C=O) groups is 1. The van der Waals surface area contributed by atoms with Crippen LogP contribution in [-0.2, 0) is 4.79 Å². The van der Waals surface area contributed by atoms with E-state index >= 15 is 0 Å². The van der Waals surface area contributed by atoms with E-state index in [4.69, 9.17) is 11.1 Å². The molecule has 24 heavy (non-hydrogen) atoms. The highest BCUT2D eigenvalue weighted by Gasteiger charge is 2.41. The lowest BCUT2D eigenvalue weighted by Gasteiger charge is -2.06. The predicted molar refractivity (Wildman–Crippen MR) is 101 cm³/mol. The first-order chi connectivity index (χ1) is 11.6. The smallest absolute Gasteiger partial charge is 0.223 e. The summed E-state index contributed by atoms with van der Waals surface area (Å²) >= 11 is 0. The Kier molecular flexibility index (Phi) is 11.3. The zero-order valence-electron chi connectivity index (χ0n) is 15.5. The topological polar surface area (TPSA) is 91.0 Å². The number of unbranched alkanes of at least 4 members (excludes halogenated alkanes) is 8. The van der Waals surface area contributed by atoms with Crippen molar-refractivity contribution in [1.29, 1.82) is 5.41 Å². The fraction of sp³-hybridized carbons (Fsp3) is 0.895. The van der Waals surface area contributed by atoms with Crippen LogP contribution >= 0.6 is 0 Å². The van der Waals surface area contributed by atoms with Gasteiger partial charge in [0.05, 0.1) is 0 Å². The van der Waals surface area contributed by atoms with Gasteiger partial charge in [-0.15, -0.1) is 0 Å². The van der Waals surface area contributed by atoms with Crippen LogP contribution in [0, 0.1) is 17.2 Å². The van der Waals surface area contributed by atoms with Crippen molar-refractivity contribution in [2.75, 3.05) is 13.1 Å². The van der Waals surface area contributed by atoms with Crippen molar-refractivity contribution in [2.45, 2.75) is 84.0 Å². The molecule has 5 heteroatoms. The van der Waals surface area contributed by atoms with Gasteiger partial charge >= 0.3 is 0 Å². The molecule has 1 aliphatic rings. The van der Waals surface area contributed by atoms with E-state index in [1.54, 1.807) is 0 Å². The third-order valence-corrected chi connectivity index (χ3v) is 4.91. The first kappa shape index (κ1) is 20.8. The van der Waals surface area contributed by atoms with Gasteiger partial charge in [-0.1, -0.05) is 58.3 Å². The first-order valence-corrected chi connectivity index (χ1v) is 10.0. The maximum Gasteiger partial charge on any atom is 0.223 e. The number of amides is 1. The number of hydrogen-bond acceptors (Lipinski definition) is 2. The van der Waals surface area contributed by atoms with Crippen molar-refractivity contribution in [3.05, 3.63) is 0 Å². The number of rotatable bonds is 15. The molecule has 2 unspecified atom stereocenters. The molecule has 0 radical (unpaired) electrons. The van der Waals surface area contributed by atoms with E-state index in [1.165, 1.54) is 44.9 Å². The van der Waals surface area contributed by atoms with Crippen molar-refractivity contribution in [3.8, 4) is 0 Å². The minimum atomic E-state index is 0.0437. The molecule has 0 aromatic carbocycles. The Hall–Kier alpha value is -1.26. The number of guanidine groups is 1. The Labute approximate surface area is 148 Å². The van der Waals surface area contributed by atoms with Gasteiger partial charge in [0.2, 0.25) is 5.91 Å². The van der Waals surface area contributed by atoms with Gasteiger partial charge in [-0.05, 0) is 31.6 Å². The van der Waals surface area contributed by atoms with Gasteiger partial charge < -0.3 is 16.4 Å². The van der Waals surface area contributed by atoms with E-state index in [1.807, 2.05) is 0 Å². The van der Waals surface area contributed by atoms with Crippen molar-refractivity contribution in [1.82, 2.24) is 10.6 Å². The first-order valence-electron chi connectivity index (χ1n) is 10.0. The highest BCUT2D eigenvalue weighted by atomic mass is 16.2. The summed E-state index contributed by atoms with van der Waals surface area (Å²) in [6, 6.07) is 0. The standard InChI is InChI=1S/C19H38N4O/c1-2-3-4-5-6-9-12-16-15-17(16)18(24)22-13-10-7-8-11-14-23-19(20)21/h16-17H,2-15H2,1H3,(H,22,24)(H4,20,21,23). The molecule has 5 nitrogen and oxygen atoms in total. The molecule has 0 spiro atoms. The normalized spacial score (nSPS) is 19.0. The van der Waals surface area contributed by atoms with Crippen LogP contribution in [-0.4, -0.2) is 25.0 Å². The molecule has 0 saturated heterocycles. The molecule has 5 N–H and O–H groups in total. The average Bonchev–Trinajstić information content (AvgIpc) is 3.32. The fourth-order valence-corrected chi connectivity index (χ4v) is 3.24. The van der Waals surface area contributed by atoms with Crippen LogP contribution in [0.25, 0.3) is 0 Å². The molecule has 0 heterocycles. The molecular weight excluding hydrogens is 300 g/mol. The van der Waals surface area contributed by atoms with Gasteiger partial charge in [-0.25, -0.2) is 0 Å². The molecule has 0 aliphatic heterocycles. The predicted octanol–water partition coefficient (Wildman–Crippen LogP) is 3.53. The van der Waals surface area contributed by atoms with E-state index in [-0.39, 0.29) is 11.9 Å². The number of nitrogens with two attached hydrogens (primary N) is 1. The van der Waals surface area contributed by atoms with E-state index in [2.05, 4.69) is 17.6 Å². The van der Waals surface area contributed by atoms with Crippen LogP contribution in [0.15, 0.2) is 0 Å². The van der Waals surface area contributed by atoms with Crippen LogP contribution in [0.3, 0.4) is 0 Å². The maximum atomic E-state index is 12.0. The lowest BCUT2D eigenvalue weighted by Crippen LogP contribution is -2.30. The van der Waals surface area contributed by atoms with E-state index < -0.39 is 0 Å². The van der Waals surface area contributed by atoms with E-state index in [9.17, 15) is 4.79 Å². The van der Waals surface area contributed by atoms with Crippen LogP contribution in [0.5, 0.6) is 0 Å². The van der Waals surface area contributed by atoms with Crippen molar-refractivity contribution >= 4 is 11.9 Å². The molecule has 0 aromatic rings. The molecule has 2 atom stereocenters. The van der Waals surface area contributed by atoms with Gasteiger partial charge in [0.1, 0.15) is 0 Å². The molecule has 1 fully saturated rings. The van der Waals surface area contributed by atoms with Gasteiger partial charge in [0, 0.05) is 19.0 Å². The summed E-state index contributed by atoms with van der Waals surface area (Å²) in [5.74, 6) is 1.29. The molecule has 1 aliphatic carbocycles. The quantitative estimate of drug-likeness (QED) is 0.209. The Morgan fingerprint density at radius 1 is 0.958 bits per heavy atom. The van der Waals surface area contributed by atoms with Gasteiger partial charge in [-0.3, -0.25) is 10.2 Å². The molecule has 0 aromatic heterocycles. The highest BCUT2D eigenvalue weighted by Crippen LogP contribution is 2.42. The summed E-state index contributed by atoms with van der Waals surface area (Å²) in [5.41, 5.74) is 5.22. The van der Waals surface area contributed by atoms with E-state index in [0.717, 1.165) is 45.2 Å². The molecule has 140 valence electrons. The summed E-state index contributed by atoms with van der Waals surface area (Å²) in [6.45, 7) is 3.82. The van der Waals surface area contributed by atoms with Gasteiger partial charge in [0.15, 0.2) is 5.96 Å². The Morgan fingerprint density at radius 2 is 1.54 bits per heavy atom. The summed E-state index contributed by atoms with van der Waals surface area (Å²) in [6.07, 6.45) is 14.7.